The molecule has 0 atom stereocenters. The van der Waals surface area contributed by atoms with Gasteiger partial charge in [-0.3, -0.25) is 0 Å². The molecule has 3 rings (SSSR count). The maximum atomic E-state index is 13.0. The van der Waals surface area contributed by atoms with Crippen LogP contribution in [0.5, 0.6) is 5.75 Å². The third-order valence-corrected chi connectivity index (χ3v) is 5.38. The first-order chi connectivity index (χ1) is 11.4. The molecule has 6 heteroatoms. The number of aromatic nitrogens is 2. The van der Waals surface area contributed by atoms with E-state index < -0.39 is 10.0 Å². The third kappa shape index (κ3) is 2.80. The standard InChI is InChI=1S/C18H18N2O3S/c1-13-8-10-15(11-9-13)24(21,22)20-12-14(2)19-18(20)16-6-4-5-7-17(16)23-3/h4-12H,1-3H3. The van der Waals surface area contributed by atoms with Crippen molar-refractivity contribution in [3.63, 3.8) is 0 Å². The largest absolute Gasteiger partial charge is 0.496 e. The molecule has 0 spiro atoms. The van der Waals surface area contributed by atoms with Crippen molar-refractivity contribution in [1.29, 1.82) is 0 Å². The first-order valence-corrected chi connectivity index (χ1v) is 8.89. The van der Waals surface area contributed by atoms with Gasteiger partial charge in [0.05, 0.1) is 23.3 Å². The molecule has 0 unspecified atom stereocenters. The Kier molecular flexibility index (Phi) is 4.15. The van der Waals surface area contributed by atoms with Crippen molar-refractivity contribution in [3.8, 4) is 17.1 Å². The van der Waals surface area contributed by atoms with Gasteiger partial charge >= 0.3 is 0 Å². The van der Waals surface area contributed by atoms with E-state index in [1.54, 1.807) is 50.4 Å². The topological polar surface area (TPSA) is 61.2 Å². The molecule has 0 N–H and O–H groups in total. The smallest absolute Gasteiger partial charge is 0.269 e. The van der Waals surface area contributed by atoms with Crippen LogP contribution in [0.1, 0.15) is 11.3 Å². The molecule has 0 fully saturated rings. The molecule has 0 saturated heterocycles. The van der Waals surface area contributed by atoms with Gasteiger partial charge in [0.2, 0.25) is 0 Å². The van der Waals surface area contributed by atoms with Gasteiger partial charge in [0.1, 0.15) is 5.75 Å². The van der Waals surface area contributed by atoms with Crippen LogP contribution in [0.4, 0.5) is 0 Å². The lowest BCUT2D eigenvalue weighted by molar-refractivity contribution is 0.416. The molecule has 0 aliphatic rings. The molecular formula is C18H18N2O3S. The van der Waals surface area contributed by atoms with Crippen molar-refractivity contribution in [2.45, 2.75) is 18.7 Å². The summed E-state index contributed by atoms with van der Waals surface area (Å²) in [4.78, 5) is 4.63. The fourth-order valence-electron chi connectivity index (χ4n) is 2.49. The van der Waals surface area contributed by atoms with Gasteiger partial charge in [-0.05, 0) is 38.1 Å². The van der Waals surface area contributed by atoms with E-state index in [2.05, 4.69) is 4.98 Å². The van der Waals surface area contributed by atoms with Gasteiger partial charge in [0.25, 0.3) is 10.0 Å². The van der Waals surface area contributed by atoms with E-state index in [4.69, 9.17) is 4.74 Å². The summed E-state index contributed by atoms with van der Waals surface area (Å²) < 4.78 is 32.6. The molecule has 124 valence electrons. The highest BCUT2D eigenvalue weighted by Gasteiger charge is 2.23. The van der Waals surface area contributed by atoms with Crippen molar-refractivity contribution >= 4 is 10.0 Å². The number of rotatable bonds is 4. The van der Waals surface area contributed by atoms with E-state index in [9.17, 15) is 8.42 Å². The molecule has 0 amide bonds. The number of hydrogen-bond donors (Lipinski definition) is 0. The van der Waals surface area contributed by atoms with Crippen molar-refractivity contribution in [2.24, 2.45) is 0 Å². The minimum absolute atomic E-state index is 0.224. The Labute approximate surface area is 141 Å². The Balaban J connectivity index is 2.21. The number of para-hydroxylation sites is 1. The van der Waals surface area contributed by atoms with Crippen LogP contribution in [0, 0.1) is 13.8 Å². The fourth-order valence-corrected chi connectivity index (χ4v) is 3.86. The van der Waals surface area contributed by atoms with Crippen LogP contribution >= 0.6 is 0 Å². The zero-order chi connectivity index (χ0) is 17.3. The molecule has 2 aromatic carbocycles. The maximum absolute atomic E-state index is 13.0. The summed E-state index contributed by atoms with van der Waals surface area (Å²) in [7, 11) is -2.19. The summed E-state index contributed by atoms with van der Waals surface area (Å²) in [6.07, 6.45) is 1.52. The SMILES string of the molecule is COc1ccccc1-c1nc(C)cn1S(=O)(=O)c1ccc(C)cc1. The number of imidazole rings is 1. The van der Waals surface area contributed by atoms with E-state index in [0.29, 0.717) is 22.8 Å². The second kappa shape index (κ2) is 6.13. The van der Waals surface area contributed by atoms with Crippen LogP contribution in [-0.4, -0.2) is 24.5 Å². The first-order valence-electron chi connectivity index (χ1n) is 7.45. The monoisotopic (exact) mass is 342 g/mol. The number of ether oxygens (including phenoxy) is 1. The zero-order valence-corrected chi connectivity index (χ0v) is 14.5. The molecule has 0 radical (unpaired) electrons. The van der Waals surface area contributed by atoms with E-state index in [1.165, 1.54) is 10.2 Å². The van der Waals surface area contributed by atoms with Gasteiger partial charge in [-0.15, -0.1) is 0 Å². The Hall–Kier alpha value is -2.60. The van der Waals surface area contributed by atoms with Gasteiger partial charge in [0, 0.05) is 6.20 Å². The zero-order valence-electron chi connectivity index (χ0n) is 13.7. The lowest BCUT2D eigenvalue weighted by atomic mass is 10.2. The van der Waals surface area contributed by atoms with Gasteiger partial charge in [0.15, 0.2) is 5.82 Å². The molecule has 0 saturated carbocycles. The van der Waals surface area contributed by atoms with Crippen LogP contribution in [0.15, 0.2) is 59.6 Å². The highest BCUT2D eigenvalue weighted by Crippen LogP contribution is 2.31. The first kappa shape index (κ1) is 16.3. The molecule has 1 heterocycles. The molecule has 5 nitrogen and oxygen atoms in total. The summed E-state index contributed by atoms with van der Waals surface area (Å²) in [5.74, 6) is 0.911. The van der Waals surface area contributed by atoms with Crippen LogP contribution in [0.3, 0.4) is 0 Å². The molecule has 3 aromatic rings. The summed E-state index contributed by atoms with van der Waals surface area (Å²) >= 11 is 0. The molecule has 1 aromatic heterocycles. The number of nitrogens with zero attached hydrogens (tertiary/aromatic N) is 2. The Bertz CT molecular complexity index is 974. The second-order valence-corrected chi connectivity index (χ2v) is 7.34. The van der Waals surface area contributed by atoms with Gasteiger partial charge in [-0.2, -0.15) is 0 Å². The molecule has 0 bridgehead atoms. The minimum Gasteiger partial charge on any atom is -0.496 e. The van der Waals surface area contributed by atoms with E-state index in [0.717, 1.165) is 5.56 Å². The molecule has 0 aliphatic heterocycles. The van der Waals surface area contributed by atoms with E-state index in [1.807, 2.05) is 19.1 Å². The summed E-state index contributed by atoms with van der Waals surface area (Å²) in [6.45, 7) is 3.68. The third-order valence-electron chi connectivity index (χ3n) is 3.72. The van der Waals surface area contributed by atoms with Crippen LogP contribution in [-0.2, 0) is 10.0 Å². The van der Waals surface area contributed by atoms with E-state index in [-0.39, 0.29) is 4.90 Å². The van der Waals surface area contributed by atoms with Crippen LogP contribution in [0.2, 0.25) is 0 Å². The number of methoxy groups -OCH3 is 1. The lowest BCUT2D eigenvalue weighted by Crippen LogP contribution is -2.13. The summed E-state index contributed by atoms with van der Waals surface area (Å²) in [5.41, 5.74) is 2.25. The normalized spacial score (nSPS) is 11.5. The highest BCUT2D eigenvalue weighted by atomic mass is 32.2. The quantitative estimate of drug-likeness (QED) is 0.729. The molecule has 24 heavy (non-hydrogen) atoms. The maximum Gasteiger partial charge on any atom is 0.269 e. The Morgan fingerprint density at radius 2 is 1.67 bits per heavy atom. The number of benzene rings is 2. The molecular weight excluding hydrogens is 324 g/mol. The van der Waals surface area contributed by atoms with Crippen LogP contribution < -0.4 is 4.74 Å². The average Bonchev–Trinajstić information content (AvgIpc) is 2.98. The minimum atomic E-state index is -3.74. The lowest BCUT2D eigenvalue weighted by Gasteiger charge is -2.12. The van der Waals surface area contributed by atoms with E-state index >= 15 is 0 Å². The van der Waals surface area contributed by atoms with Crippen LogP contribution in [0.25, 0.3) is 11.4 Å². The van der Waals surface area contributed by atoms with Crippen molar-refractivity contribution in [2.75, 3.05) is 7.11 Å². The Morgan fingerprint density at radius 1 is 1.00 bits per heavy atom. The highest BCUT2D eigenvalue weighted by molar-refractivity contribution is 7.90. The van der Waals surface area contributed by atoms with Crippen molar-refractivity contribution in [1.82, 2.24) is 8.96 Å². The van der Waals surface area contributed by atoms with Gasteiger partial charge in [-0.25, -0.2) is 17.4 Å². The van der Waals surface area contributed by atoms with Gasteiger partial charge < -0.3 is 4.74 Å². The van der Waals surface area contributed by atoms with Gasteiger partial charge in [-0.1, -0.05) is 29.8 Å². The number of hydrogen-bond acceptors (Lipinski definition) is 4. The second-order valence-electron chi connectivity index (χ2n) is 5.52. The predicted molar refractivity (Wildman–Crippen MR) is 92.7 cm³/mol. The Morgan fingerprint density at radius 3 is 2.33 bits per heavy atom. The summed E-state index contributed by atoms with van der Waals surface area (Å²) in [5, 5.41) is 0. The van der Waals surface area contributed by atoms with Crippen molar-refractivity contribution < 1.29 is 13.2 Å². The predicted octanol–water partition coefficient (Wildman–Crippen LogP) is 3.41. The number of aryl methyl sites for hydroxylation is 2. The average molecular weight is 342 g/mol. The molecule has 0 aliphatic carbocycles. The van der Waals surface area contributed by atoms with Crippen molar-refractivity contribution in [3.05, 3.63) is 66.0 Å². The fraction of sp³-hybridized carbons (Fsp3) is 0.167. The summed E-state index contributed by atoms with van der Waals surface area (Å²) in [6, 6.07) is 14.0.